The van der Waals surface area contributed by atoms with Gasteiger partial charge in [0.15, 0.2) is 5.96 Å². The molecule has 0 bridgehead atoms. The fourth-order valence-electron chi connectivity index (χ4n) is 1.88. The zero-order valence-corrected chi connectivity index (χ0v) is 9.84. The average molecular weight is 229 g/mol. The third kappa shape index (κ3) is 3.28. The quantitative estimate of drug-likeness (QED) is 0.554. The molecule has 2 N–H and O–H groups in total. The van der Waals surface area contributed by atoms with Crippen LogP contribution in [0.25, 0.3) is 0 Å². The van der Waals surface area contributed by atoms with Crippen molar-refractivity contribution in [2.45, 2.75) is 18.9 Å². The summed E-state index contributed by atoms with van der Waals surface area (Å²) in [4.78, 5) is 6.59. The molecule has 1 unspecified atom stereocenters. The molecule has 0 radical (unpaired) electrons. The molecule has 2 aliphatic heterocycles. The third-order valence-electron chi connectivity index (χ3n) is 2.82. The smallest absolute Gasteiger partial charge is 0.191 e. The number of hydrogen-bond acceptors (Lipinski definition) is 3. The lowest BCUT2D eigenvalue weighted by atomic mass is 10.2. The second kappa shape index (κ2) is 5.61. The molecule has 2 rings (SSSR count). The van der Waals surface area contributed by atoms with Gasteiger partial charge in [0.2, 0.25) is 0 Å². The Morgan fingerprint density at radius 3 is 2.93 bits per heavy atom. The van der Waals surface area contributed by atoms with Crippen molar-refractivity contribution < 1.29 is 4.74 Å². The van der Waals surface area contributed by atoms with E-state index in [9.17, 15) is 0 Å². The van der Waals surface area contributed by atoms with Crippen molar-refractivity contribution in [2.75, 3.05) is 37.7 Å². The maximum absolute atomic E-state index is 5.94. The van der Waals surface area contributed by atoms with Gasteiger partial charge in [0, 0.05) is 31.2 Å². The summed E-state index contributed by atoms with van der Waals surface area (Å²) in [6, 6.07) is 0. The van der Waals surface area contributed by atoms with E-state index in [1.54, 1.807) is 0 Å². The van der Waals surface area contributed by atoms with Crippen LogP contribution in [0.15, 0.2) is 4.99 Å². The first-order valence-electron chi connectivity index (χ1n) is 5.60. The Balaban J connectivity index is 1.77. The third-order valence-corrected chi connectivity index (χ3v) is 3.76. The van der Waals surface area contributed by atoms with Gasteiger partial charge in [-0.05, 0) is 12.8 Å². The molecule has 2 aliphatic rings. The predicted octanol–water partition coefficient (Wildman–Crippen LogP) is 0.529. The Bertz CT molecular complexity index is 223. The van der Waals surface area contributed by atoms with Gasteiger partial charge in [-0.15, -0.1) is 0 Å². The van der Waals surface area contributed by atoms with Gasteiger partial charge in [0.1, 0.15) is 0 Å². The number of nitrogens with two attached hydrogens (primary N) is 1. The van der Waals surface area contributed by atoms with E-state index in [2.05, 4.69) is 9.89 Å². The summed E-state index contributed by atoms with van der Waals surface area (Å²) in [5.41, 5.74) is 5.94. The van der Waals surface area contributed by atoms with E-state index in [-0.39, 0.29) is 0 Å². The highest BCUT2D eigenvalue weighted by atomic mass is 32.2. The first-order chi connectivity index (χ1) is 7.36. The van der Waals surface area contributed by atoms with Crippen LogP contribution < -0.4 is 5.73 Å². The molecule has 0 aliphatic carbocycles. The maximum atomic E-state index is 5.94. The van der Waals surface area contributed by atoms with Crippen molar-refractivity contribution in [3.8, 4) is 0 Å². The van der Waals surface area contributed by atoms with Gasteiger partial charge in [-0.3, -0.25) is 4.99 Å². The number of ether oxygens (including phenoxy) is 1. The zero-order valence-electron chi connectivity index (χ0n) is 9.02. The fraction of sp³-hybridized carbons (Fsp3) is 0.900. The summed E-state index contributed by atoms with van der Waals surface area (Å²) < 4.78 is 5.51. The minimum absolute atomic E-state index is 0.308. The summed E-state index contributed by atoms with van der Waals surface area (Å²) in [6.45, 7) is 3.69. The molecule has 2 heterocycles. The molecule has 5 heteroatoms. The average Bonchev–Trinajstić information content (AvgIpc) is 2.80. The summed E-state index contributed by atoms with van der Waals surface area (Å²) in [5.74, 6) is 3.03. The van der Waals surface area contributed by atoms with Crippen molar-refractivity contribution >= 4 is 17.7 Å². The van der Waals surface area contributed by atoms with Crippen molar-refractivity contribution in [1.29, 1.82) is 0 Å². The maximum Gasteiger partial charge on any atom is 0.191 e. The van der Waals surface area contributed by atoms with Gasteiger partial charge in [0.05, 0.1) is 12.6 Å². The van der Waals surface area contributed by atoms with Gasteiger partial charge in [0.25, 0.3) is 0 Å². The van der Waals surface area contributed by atoms with Crippen LogP contribution in [-0.2, 0) is 4.74 Å². The monoisotopic (exact) mass is 229 g/mol. The minimum Gasteiger partial charge on any atom is -0.376 e. The van der Waals surface area contributed by atoms with Gasteiger partial charge < -0.3 is 15.4 Å². The van der Waals surface area contributed by atoms with Crippen LogP contribution in [0.4, 0.5) is 0 Å². The molecule has 0 aromatic heterocycles. The van der Waals surface area contributed by atoms with Crippen LogP contribution in [0.2, 0.25) is 0 Å². The molecule has 0 aromatic carbocycles. The highest BCUT2D eigenvalue weighted by Gasteiger charge is 2.16. The van der Waals surface area contributed by atoms with E-state index in [0.29, 0.717) is 12.1 Å². The van der Waals surface area contributed by atoms with Crippen LogP contribution >= 0.6 is 11.8 Å². The number of rotatable bonds is 2. The largest absolute Gasteiger partial charge is 0.376 e. The van der Waals surface area contributed by atoms with Crippen LogP contribution in [0.1, 0.15) is 12.8 Å². The summed E-state index contributed by atoms with van der Waals surface area (Å²) in [7, 11) is 0. The Kier molecular flexibility index (Phi) is 4.14. The molecule has 86 valence electrons. The Hall–Kier alpha value is -0.420. The Labute approximate surface area is 95.2 Å². The van der Waals surface area contributed by atoms with Crippen molar-refractivity contribution in [2.24, 2.45) is 10.7 Å². The van der Waals surface area contributed by atoms with Crippen molar-refractivity contribution in [1.82, 2.24) is 4.90 Å². The molecule has 2 fully saturated rings. The van der Waals surface area contributed by atoms with Gasteiger partial charge in [-0.1, -0.05) is 0 Å². The van der Waals surface area contributed by atoms with Gasteiger partial charge >= 0.3 is 0 Å². The molecule has 0 saturated carbocycles. The fourth-order valence-corrected chi connectivity index (χ4v) is 2.78. The highest BCUT2D eigenvalue weighted by Crippen LogP contribution is 2.12. The lowest BCUT2D eigenvalue weighted by molar-refractivity contribution is 0.117. The number of hydrogen-bond donors (Lipinski definition) is 1. The minimum atomic E-state index is 0.308. The lowest BCUT2D eigenvalue weighted by Gasteiger charge is -2.27. The van der Waals surface area contributed by atoms with Crippen LogP contribution in [-0.4, -0.2) is 54.7 Å². The van der Waals surface area contributed by atoms with Crippen LogP contribution in [0.3, 0.4) is 0 Å². The summed E-state index contributed by atoms with van der Waals surface area (Å²) in [5, 5.41) is 0. The van der Waals surface area contributed by atoms with Crippen molar-refractivity contribution in [3.63, 3.8) is 0 Å². The highest BCUT2D eigenvalue weighted by molar-refractivity contribution is 7.99. The predicted molar refractivity (Wildman–Crippen MR) is 64.4 cm³/mol. The van der Waals surface area contributed by atoms with Crippen LogP contribution in [0, 0.1) is 0 Å². The first kappa shape index (κ1) is 11.1. The second-order valence-corrected chi connectivity index (χ2v) is 5.16. The molecular weight excluding hydrogens is 210 g/mol. The SMILES string of the molecule is NC(=NCC1CCCO1)N1CCSCC1. The zero-order chi connectivity index (χ0) is 10.5. The molecule has 0 aromatic rings. The standard InChI is InChI=1S/C10H19N3OS/c11-10(13-3-6-15-7-4-13)12-8-9-2-1-5-14-9/h9H,1-8H2,(H2,11,12). The van der Waals surface area contributed by atoms with Crippen LogP contribution in [0.5, 0.6) is 0 Å². The molecular formula is C10H19N3OS. The molecule has 1 atom stereocenters. The number of guanidine groups is 1. The van der Waals surface area contributed by atoms with E-state index in [4.69, 9.17) is 10.5 Å². The van der Waals surface area contributed by atoms with Crippen molar-refractivity contribution in [3.05, 3.63) is 0 Å². The molecule has 2 saturated heterocycles. The van der Waals surface area contributed by atoms with E-state index >= 15 is 0 Å². The normalized spacial score (nSPS) is 28.4. The lowest BCUT2D eigenvalue weighted by Crippen LogP contribution is -2.43. The molecule has 0 amide bonds. The van der Waals surface area contributed by atoms with E-state index < -0.39 is 0 Å². The second-order valence-electron chi connectivity index (χ2n) is 3.93. The summed E-state index contributed by atoms with van der Waals surface area (Å²) >= 11 is 1.98. The van der Waals surface area contributed by atoms with Gasteiger partial charge in [-0.25, -0.2) is 0 Å². The van der Waals surface area contributed by atoms with E-state index in [1.165, 1.54) is 6.42 Å². The Morgan fingerprint density at radius 1 is 1.47 bits per heavy atom. The first-order valence-corrected chi connectivity index (χ1v) is 6.76. The number of aliphatic imine (C=N–C) groups is 1. The topological polar surface area (TPSA) is 50.9 Å². The number of thioether (sulfide) groups is 1. The molecule has 4 nitrogen and oxygen atoms in total. The Morgan fingerprint density at radius 2 is 2.27 bits per heavy atom. The number of nitrogens with zero attached hydrogens (tertiary/aromatic N) is 2. The molecule has 0 spiro atoms. The summed E-state index contributed by atoms with van der Waals surface area (Å²) in [6.07, 6.45) is 2.61. The molecule has 15 heavy (non-hydrogen) atoms. The van der Waals surface area contributed by atoms with E-state index in [0.717, 1.165) is 44.2 Å². The van der Waals surface area contributed by atoms with Gasteiger partial charge in [-0.2, -0.15) is 11.8 Å². The van der Waals surface area contributed by atoms with E-state index in [1.807, 2.05) is 11.8 Å².